The Balaban J connectivity index is 2.05. The van der Waals surface area contributed by atoms with E-state index in [0.717, 1.165) is 32.8 Å². The van der Waals surface area contributed by atoms with Gasteiger partial charge in [0.25, 0.3) is 5.69 Å². The van der Waals surface area contributed by atoms with Crippen molar-refractivity contribution in [2.75, 3.05) is 58.9 Å². The van der Waals surface area contributed by atoms with Crippen LogP contribution in [0, 0.1) is 10.1 Å². The van der Waals surface area contributed by atoms with Crippen molar-refractivity contribution in [1.29, 1.82) is 0 Å². The van der Waals surface area contributed by atoms with Crippen LogP contribution in [0.5, 0.6) is 11.5 Å². The SMILES string of the molecule is COc1cc(NCCN2CCOCC2)c([N+](=O)[O-])cc1OC. The molecule has 0 aromatic heterocycles. The van der Waals surface area contributed by atoms with Gasteiger partial charge in [0.15, 0.2) is 11.5 Å². The van der Waals surface area contributed by atoms with Crippen LogP contribution < -0.4 is 14.8 Å². The molecule has 0 aliphatic carbocycles. The van der Waals surface area contributed by atoms with Gasteiger partial charge in [0.2, 0.25) is 0 Å². The first kappa shape index (κ1) is 16.3. The Kier molecular flexibility index (Phi) is 5.79. The van der Waals surface area contributed by atoms with Crippen LogP contribution in [0.25, 0.3) is 0 Å². The highest BCUT2D eigenvalue weighted by Gasteiger charge is 2.19. The molecule has 0 radical (unpaired) electrons. The lowest BCUT2D eigenvalue weighted by atomic mass is 10.2. The summed E-state index contributed by atoms with van der Waals surface area (Å²) in [5.41, 5.74) is 0.399. The minimum absolute atomic E-state index is 0.0281. The number of anilines is 1. The van der Waals surface area contributed by atoms with Crippen molar-refractivity contribution in [1.82, 2.24) is 4.90 Å². The molecule has 0 amide bonds. The minimum Gasteiger partial charge on any atom is -0.493 e. The fraction of sp³-hybridized carbons (Fsp3) is 0.571. The van der Waals surface area contributed by atoms with Crippen LogP contribution in [0.15, 0.2) is 12.1 Å². The lowest BCUT2D eigenvalue weighted by Crippen LogP contribution is -2.39. The molecular formula is C14H21N3O5. The van der Waals surface area contributed by atoms with Gasteiger partial charge >= 0.3 is 0 Å². The van der Waals surface area contributed by atoms with E-state index in [1.165, 1.54) is 20.3 Å². The number of methoxy groups -OCH3 is 2. The van der Waals surface area contributed by atoms with E-state index in [0.29, 0.717) is 23.7 Å². The van der Waals surface area contributed by atoms with Crippen LogP contribution >= 0.6 is 0 Å². The summed E-state index contributed by atoms with van der Waals surface area (Å²) in [5.74, 6) is 0.801. The molecule has 0 saturated carbocycles. The second kappa shape index (κ2) is 7.81. The molecule has 0 atom stereocenters. The number of nitro benzene ring substituents is 1. The van der Waals surface area contributed by atoms with Gasteiger partial charge in [0, 0.05) is 32.2 Å². The highest BCUT2D eigenvalue weighted by atomic mass is 16.6. The summed E-state index contributed by atoms with van der Waals surface area (Å²) in [6.45, 7) is 4.64. The maximum Gasteiger partial charge on any atom is 0.296 e. The zero-order valence-electron chi connectivity index (χ0n) is 12.8. The summed E-state index contributed by atoms with van der Waals surface area (Å²) in [5, 5.41) is 14.3. The van der Waals surface area contributed by atoms with Crippen molar-refractivity contribution in [3.63, 3.8) is 0 Å². The summed E-state index contributed by atoms with van der Waals surface area (Å²) < 4.78 is 15.6. The molecule has 0 spiro atoms. The van der Waals surface area contributed by atoms with Crippen LogP contribution in [0.3, 0.4) is 0 Å². The molecule has 1 heterocycles. The molecule has 8 nitrogen and oxygen atoms in total. The third kappa shape index (κ3) is 3.99. The van der Waals surface area contributed by atoms with E-state index < -0.39 is 4.92 Å². The fourth-order valence-corrected chi connectivity index (χ4v) is 2.33. The second-order valence-corrected chi connectivity index (χ2v) is 4.86. The van der Waals surface area contributed by atoms with Gasteiger partial charge in [0.1, 0.15) is 5.69 Å². The van der Waals surface area contributed by atoms with E-state index in [1.54, 1.807) is 6.07 Å². The molecule has 1 aromatic rings. The number of hydrogen-bond donors (Lipinski definition) is 1. The van der Waals surface area contributed by atoms with Crippen molar-refractivity contribution in [2.24, 2.45) is 0 Å². The number of nitro groups is 1. The number of morpholine rings is 1. The quantitative estimate of drug-likeness (QED) is 0.601. The smallest absolute Gasteiger partial charge is 0.296 e. The molecule has 2 rings (SSSR count). The predicted molar refractivity (Wildman–Crippen MR) is 81.9 cm³/mol. The highest BCUT2D eigenvalue weighted by molar-refractivity contribution is 5.68. The molecule has 1 aromatic carbocycles. The molecule has 1 aliphatic rings. The van der Waals surface area contributed by atoms with Crippen LogP contribution in [0.4, 0.5) is 11.4 Å². The first-order valence-electron chi connectivity index (χ1n) is 7.10. The second-order valence-electron chi connectivity index (χ2n) is 4.86. The Hall–Kier alpha value is -2.06. The van der Waals surface area contributed by atoms with Crippen LogP contribution in [-0.2, 0) is 4.74 Å². The van der Waals surface area contributed by atoms with Crippen molar-refractivity contribution in [3.05, 3.63) is 22.2 Å². The molecule has 0 bridgehead atoms. The van der Waals surface area contributed by atoms with Crippen molar-refractivity contribution < 1.29 is 19.1 Å². The Morgan fingerprint density at radius 1 is 1.27 bits per heavy atom. The Bertz CT molecular complexity index is 517. The summed E-state index contributed by atoms with van der Waals surface area (Å²) in [4.78, 5) is 13.0. The van der Waals surface area contributed by atoms with E-state index in [1.807, 2.05) is 0 Å². The lowest BCUT2D eigenvalue weighted by Gasteiger charge is -2.26. The Labute approximate surface area is 129 Å². The van der Waals surface area contributed by atoms with Gasteiger partial charge in [-0.05, 0) is 0 Å². The fourth-order valence-electron chi connectivity index (χ4n) is 2.33. The van der Waals surface area contributed by atoms with Gasteiger partial charge in [-0.15, -0.1) is 0 Å². The van der Waals surface area contributed by atoms with E-state index in [2.05, 4.69) is 10.2 Å². The summed E-state index contributed by atoms with van der Waals surface area (Å²) in [6.07, 6.45) is 0. The number of nitrogens with one attached hydrogen (secondary N) is 1. The number of hydrogen-bond acceptors (Lipinski definition) is 7. The number of benzene rings is 1. The van der Waals surface area contributed by atoms with Crippen LogP contribution in [0.2, 0.25) is 0 Å². The first-order chi connectivity index (χ1) is 10.7. The van der Waals surface area contributed by atoms with Gasteiger partial charge in [0.05, 0.1) is 38.4 Å². The lowest BCUT2D eigenvalue weighted by molar-refractivity contribution is -0.384. The average molecular weight is 311 g/mol. The summed E-state index contributed by atoms with van der Waals surface area (Å²) >= 11 is 0. The summed E-state index contributed by atoms with van der Waals surface area (Å²) in [7, 11) is 2.95. The zero-order chi connectivity index (χ0) is 15.9. The standard InChI is InChI=1S/C14H21N3O5/c1-20-13-9-11(12(17(18)19)10-14(13)21-2)15-3-4-16-5-7-22-8-6-16/h9-10,15H,3-8H2,1-2H3. The minimum atomic E-state index is -0.432. The highest BCUT2D eigenvalue weighted by Crippen LogP contribution is 2.37. The number of ether oxygens (including phenoxy) is 3. The van der Waals surface area contributed by atoms with E-state index in [4.69, 9.17) is 14.2 Å². The molecule has 122 valence electrons. The summed E-state index contributed by atoms with van der Waals surface area (Å²) in [6, 6.07) is 2.96. The predicted octanol–water partition coefficient (Wildman–Crippen LogP) is 1.36. The van der Waals surface area contributed by atoms with E-state index in [9.17, 15) is 10.1 Å². The maximum absolute atomic E-state index is 11.2. The maximum atomic E-state index is 11.2. The van der Waals surface area contributed by atoms with Crippen molar-refractivity contribution >= 4 is 11.4 Å². The van der Waals surface area contributed by atoms with Crippen molar-refractivity contribution in [3.8, 4) is 11.5 Å². The molecule has 8 heteroatoms. The van der Waals surface area contributed by atoms with Crippen LogP contribution in [-0.4, -0.2) is 63.4 Å². The van der Waals surface area contributed by atoms with Gasteiger partial charge in [-0.2, -0.15) is 0 Å². The molecule has 1 aliphatic heterocycles. The largest absolute Gasteiger partial charge is 0.493 e. The first-order valence-corrected chi connectivity index (χ1v) is 7.10. The Morgan fingerprint density at radius 2 is 1.91 bits per heavy atom. The normalized spacial score (nSPS) is 15.4. The topological polar surface area (TPSA) is 86.1 Å². The van der Waals surface area contributed by atoms with Crippen LogP contribution in [0.1, 0.15) is 0 Å². The molecule has 1 fully saturated rings. The van der Waals surface area contributed by atoms with E-state index >= 15 is 0 Å². The molecular weight excluding hydrogens is 290 g/mol. The van der Waals surface area contributed by atoms with Gasteiger partial charge in [-0.25, -0.2) is 0 Å². The average Bonchev–Trinajstić information content (AvgIpc) is 2.55. The number of rotatable bonds is 7. The number of nitrogens with zero attached hydrogens (tertiary/aromatic N) is 2. The molecule has 1 N–H and O–H groups in total. The van der Waals surface area contributed by atoms with Gasteiger partial charge in [-0.1, -0.05) is 0 Å². The molecule has 0 unspecified atom stereocenters. The van der Waals surface area contributed by atoms with Crippen molar-refractivity contribution in [2.45, 2.75) is 0 Å². The molecule has 22 heavy (non-hydrogen) atoms. The third-order valence-corrected chi connectivity index (χ3v) is 3.55. The van der Waals surface area contributed by atoms with Gasteiger partial charge in [-0.3, -0.25) is 15.0 Å². The third-order valence-electron chi connectivity index (χ3n) is 3.55. The monoisotopic (exact) mass is 311 g/mol. The zero-order valence-corrected chi connectivity index (χ0v) is 12.8. The molecule has 1 saturated heterocycles. The Morgan fingerprint density at radius 3 is 2.50 bits per heavy atom. The van der Waals surface area contributed by atoms with E-state index in [-0.39, 0.29) is 5.69 Å². The van der Waals surface area contributed by atoms with Gasteiger partial charge < -0.3 is 19.5 Å².